The van der Waals surface area contributed by atoms with Gasteiger partial charge in [-0.05, 0) is 35.7 Å². The average Bonchev–Trinajstić information content (AvgIpc) is 2.95. The van der Waals surface area contributed by atoms with E-state index in [1.54, 1.807) is 0 Å². The normalized spacial score (nSPS) is 11.2. The van der Waals surface area contributed by atoms with Crippen LogP contribution in [0.4, 0.5) is 0 Å². The second kappa shape index (κ2) is 6.87. The number of H-pyrrole nitrogens is 1. The van der Waals surface area contributed by atoms with E-state index < -0.39 is 0 Å². The Morgan fingerprint density at radius 2 is 2.08 bits per heavy atom. The maximum absolute atomic E-state index is 12.0. The number of ether oxygens (including phenoxy) is 1. The molecule has 0 spiro atoms. The highest BCUT2D eigenvalue weighted by atomic mass is 16.5. The molecule has 4 heteroatoms. The van der Waals surface area contributed by atoms with Crippen molar-refractivity contribution in [2.45, 2.75) is 32.8 Å². The van der Waals surface area contributed by atoms with Crippen LogP contribution in [-0.2, 0) is 29.6 Å². The summed E-state index contributed by atoms with van der Waals surface area (Å²) in [6.45, 7) is 4.63. The fraction of sp³-hybridized carbons (Fsp3) is 0.300. The number of fused-ring (bicyclic) bond motifs is 1. The van der Waals surface area contributed by atoms with Crippen LogP contribution >= 0.6 is 0 Å². The van der Waals surface area contributed by atoms with Gasteiger partial charge in [0.15, 0.2) is 12.4 Å². The van der Waals surface area contributed by atoms with E-state index in [1.807, 2.05) is 36.1 Å². The molecule has 1 aromatic carbocycles. The van der Waals surface area contributed by atoms with Crippen molar-refractivity contribution < 1.29 is 14.1 Å². The van der Waals surface area contributed by atoms with E-state index in [9.17, 15) is 4.79 Å². The summed E-state index contributed by atoms with van der Waals surface area (Å²) in [5, 5.41) is 1.15. The summed E-state index contributed by atoms with van der Waals surface area (Å²) in [7, 11) is 1.94. The predicted molar refractivity (Wildman–Crippen MR) is 93.5 cm³/mol. The molecular weight excluding hydrogens is 300 g/mol. The SMILES string of the molecule is CC(C)c1ccc2[nH]c(COC(=O)Cc3ccc[n+](C)c3)cc2c1. The van der Waals surface area contributed by atoms with Gasteiger partial charge in [0, 0.05) is 22.5 Å². The molecule has 0 radical (unpaired) electrons. The minimum atomic E-state index is -0.220. The van der Waals surface area contributed by atoms with Crippen molar-refractivity contribution in [1.82, 2.24) is 4.98 Å². The van der Waals surface area contributed by atoms with Crippen molar-refractivity contribution in [3.63, 3.8) is 0 Å². The predicted octanol–water partition coefficient (Wildman–Crippen LogP) is 3.40. The lowest BCUT2D eigenvalue weighted by Crippen LogP contribution is -2.27. The number of hydrogen-bond acceptors (Lipinski definition) is 2. The Balaban J connectivity index is 1.63. The van der Waals surface area contributed by atoms with E-state index >= 15 is 0 Å². The molecule has 2 aromatic heterocycles. The lowest BCUT2D eigenvalue weighted by Gasteiger charge is -2.03. The topological polar surface area (TPSA) is 46.0 Å². The molecule has 0 amide bonds. The number of aromatic amines is 1. The molecular formula is C20H23N2O2+. The number of benzene rings is 1. The molecule has 0 atom stereocenters. The van der Waals surface area contributed by atoms with Crippen LogP contribution < -0.4 is 4.57 Å². The van der Waals surface area contributed by atoms with Gasteiger partial charge in [0.25, 0.3) is 0 Å². The summed E-state index contributed by atoms with van der Waals surface area (Å²) in [6.07, 6.45) is 4.15. The number of hydrogen-bond donors (Lipinski definition) is 1. The molecule has 3 aromatic rings. The van der Waals surface area contributed by atoms with E-state index in [1.165, 1.54) is 5.56 Å². The zero-order valence-electron chi connectivity index (χ0n) is 14.4. The van der Waals surface area contributed by atoms with E-state index in [0.29, 0.717) is 5.92 Å². The van der Waals surface area contributed by atoms with Gasteiger partial charge >= 0.3 is 5.97 Å². The molecule has 124 valence electrons. The summed E-state index contributed by atoms with van der Waals surface area (Å²) < 4.78 is 7.32. The molecule has 0 aliphatic heterocycles. The van der Waals surface area contributed by atoms with Gasteiger partial charge in [-0.15, -0.1) is 0 Å². The molecule has 0 fully saturated rings. The Hall–Kier alpha value is -2.62. The molecule has 3 rings (SSSR count). The third-order valence-corrected chi connectivity index (χ3v) is 4.11. The zero-order valence-corrected chi connectivity index (χ0v) is 14.4. The first kappa shape index (κ1) is 16.2. The molecule has 0 unspecified atom stereocenters. The van der Waals surface area contributed by atoms with Crippen LogP contribution in [0.3, 0.4) is 0 Å². The van der Waals surface area contributed by atoms with Gasteiger partial charge in [-0.2, -0.15) is 0 Å². The van der Waals surface area contributed by atoms with Crippen molar-refractivity contribution >= 4 is 16.9 Å². The Bertz CT molecular complexity index is 865. The smallest absolute Gasteiger partial charge is 0.310 e. The second-order valence-electron chi connectivity index (χ2n) is 6.51. The van der Waals surface area contributed by atoms with Crippen molar-refractivity contribution in [3.8, 4) is 0 Å². The lowest BCUT2D eigenvalue weighted by molar-refractivity contribution is -0.671. The zero-order chi connectivity index (χ0) is 17.1. The summed E-state index contributed by atoms with van der Waals surface area (Å²) in [5.74, 6) is 0.278. The monoisotopic (exact) mass is 323 g/mol. The molecule has 0 aliphatic rings. The van der Waals surface area contributed by atoms with Crippen LogP contribution in [0.1, 0.15) is 36.6 Å². The van der Waals surface area contributed by atoms with Crippen LogP contribution in [0.25, 0.3) is 10.9 Å². The van der Waals surface area contributed by atoms with Gasteiger partial charge in [-0.3, -0.25) is 4.79 Å². The number of aromatic nitrogens is 2. The van der Waals surface area contributed by atoms with Gasteiger partial charge in [0.1, 0.15) is 13.7 Å². The number of aryl methyl sites for hydroxylation is 1. The van der Waals surface area contributed by atoms with Crippen LogP contribution in [0.15, 0.2) is 48.8 Å². The van der Waals surface area contributed by atoms with Crippen molar-refractivity contribution in [2.75, 3.05) is 0 Å². The first-order chi connectivity index (χ1) is 11.5. The number of rotatable bonds is 5. The molecule has 0 saturated carbocycles. The second-order valence-corrected chi connectivity index (χ2v) is 6.51. The van der Waals surface area contributed by atoms with Gasteiger partial charge in [0.2, 0.25) is 0 Å². The summed E-state index contributed by atoms with van der Waals surface area (Å²) in [6, 6.07) is 12.3. The first-order valence-electron chi connectivity index (χ1n) is 8.22. The van der Waals surface area contributed by atoms with Crippen LogP contribution in [0, 0.1) is 0 Å². The van der Waals surface area contributed by atoms with Crippen molar-refractivity contribution in [2.24, 2.45) is 7.05 Å². The van der Waals surface area contributed by atoms with E-state index in [2.05, 4.69) is 43.1 Å². The minimum absolute atomic E-state index is 0.220. The Morgan fingerprint density at radius 1 is 1.25 bits per heavy atom. The number of nitrogens with zero attached hydrogens (tertiary/aromatic N) is 1. The molecule has 0 saturated heterocycles. The van der Waals surface area contributed by atoms with Gasteiger partial charge in [-0.25, -0.2) is 4.57 Å². The maximum atomic E-state index is 12.0. The lowest BCUT2D eigenvalue weighted by atomic mass is 10.0. The number of carbonyl (C=O) groups excluding carboxylic acids is 1. The standard InChI is InChI=1S/C20H23N2O2/c1-14(2)16-6-7-19-17(10-16)11-18(21-19)13-24-20(23)9-15-5-4-8-22(3)12-15/h4-8,10-12,14,21H,9,13H2,1-3H3/q+1. The van der Waals surface area contributed by atoms with E-state index in [0.717, 1.165) is 22.2 Å². The fourth-order valence-corrected chi connectivity index (χ4v) is 2.78. The molecule has 1 N–H and O–H groups in total. The number of pyridine rings is 1. The van der Waals surface area contributed by atoms with Crippen LogP contribution in [0.2, 0.25) is 0 Å². The highest BCUT2D eigenvalue weighted by Crippen LogP contribution is 2.22. The quantitative estimate of drug-likeness (QED) is 0.578. The van der Waals surface area contributed by atoms with Crippen LogP contribution in [0.5, 0.6) is 0 Å². The van der Waals surface area contributed by atoms with Gasteiger partial charge < -0.3 is 9.72 Å². The maximum Gasteiger partial charge on any atom is 0.310 e. The molecule has 0 bridgehead atoms. The molecule has 24 heavy (non-hydrogen) atoms. The number of esters is 1. The third kappa shape index (κ3) is 3.82. The van der Waals surface area contributed by atoms with E-state index in [-0.39, 0.29) is 19.0 Å². The Kier molecular flexibility index (Phi) is 4.65. The van der Waals surface area contributed by atoms with Gasteiger partial charge in [-0.1, -0.05) is 19.9 Å². The molecule has 2 heterocycles. The summed E-state index contributed by atoms with van der Waals surface area (Å²) >= 11 is 0. The van der Waals surface area contributed by atoms with Gasteiger partial charge in [0.05, 0.1) is 12.1 Å². The van der Waals surface area contributed by atoms with E-state index in [4.69, 9.17) is 4.74 Å². The average molecular weight is 323 g/mol. The Morgan fingerprint density at radius 3 is 2.83 bits per heavy atom. The Labute approximate surface area is 142 Å². The van der Waals surface area contributed by atoms with Crippen molar-refractivity contribution in [1.29, 1.82) is 0 Å². The largest absolute Gasteiger partial charge is 0.459 e. The third-order valence-electron chi connectivity index (χ3n) is 4.11. The summed E-state index contributed by atoms with van der Waals surface area (Å²) in [5.41, 5.74) is 4.24. The summed E-state index contributed by atoms with van der Waals surface area (Å²) in [4.78, 5) is 15.3. The highest BCUT2D eigenvalue weighted by Gasteiger charge is 2.09. The number of carbonyl (C=O) groups is 1. The number of nitrogens with one attached hydrogen (secondary N) is 1. The van der Waals surface area contributed by atoms with Crippen molar-refractivity contribution in [3.05, 3.63) is 65.6 Å². The highest BCUT2D eigenvalue weighted by molar-refractivity contribution is 5.81. The molecule has 0 aliphatic carbocycles. The fourth-order valence-electron chi connectivity index (χ4n) is 2.78. The first-order valence-corrected chi connectivity index (χ1v) is 8.22. The molecule has 4 nitrogen and oxygen atoms in total. The minimum Gasteiger partial charge on any atom is -0.459 e. The van der Waals surface area contributed by atoms with Crippen LogP contribution in [-0.4, -0.2) is 11.0 Å².